The van der Waals surface area contributed by atoms with Crippen LogP contribution in [0.4, 0.5) is 5.69 Å². The summed E-state index contributed by atoms with van der Waals surface area (Å²) in [6.07, 6.45) is -0.0670. The van der Waals surface area contributed by atoms with E-state index in [-0.39, 0.29) is 24.7 Å². The Morgan fingerprint density at radius 3 is 2.56 bits per heavy atom. The molecule has 1 aromatic rings. The van der Waals surface area contributed by atoms with Crippen molar-refractivity contribution >= 4 is 41.2 Å². The van der Waals surface area contributed by atoms with Gasteiger partial charge in [0.15, 0.2) is 0 Å². The average molecular weight is 366 g/mol. The van der Waals surface area contributed by atoms with Crippen molar-refractivity contribution in [2.75, 3.05) is 17.7 Å². The number of thioether (sulfide) groups is 1. The highest BCUT2D eigenvalue weighted by Gasteiger charge is 2.33. The molecule has 0 saturated carbocycles. The first kappa shape index (κ1) is 18.8. The van der Waals surface area contributed by atoms with E-state index in [1.54, 1.807) is 19.1 Å². The highest BCUT2D eigenvalue weighted by atomic mass is 32.2. The molecule has 1 heterocycles. The monoisotopic (exact) mass is 366 g/mol. The molecular weight excluding hydrogens is 348 g/mol. The van der Waals surface area contributed by atoms with Crippen LogP contribution in [0.15, 0.2) is 24.3 Å². The van der Waals surface area contributed by atoms with Gasteiger partial charge in [0, 0.05) is 17.9 Å². The van der Waals surface area contributed by atoms with Gasteiger partial charge in [-0.05, 0) is 31.2 Å². The topological polar surface area (TPSA) is 122 Å². The number of carboxylic acid groups (broad SMARTS) is 1. The SMILES string of the molecule is CCOC(=O)c1ccc(NC(=O)C[C@H]2SC[C@@H](C(=O)O)NC2=O)cc1. The second-order valence-electron chi connectivity index (χ2n) is 5.27. The molecule has 0 radical (unpaired) electrons. The van der Waals surface area contributed by atoms with Crippen molar-refractivity contribution in [3.05, 3.63) is 29.8 Å². The van der Waals surface area contributed by atoms with Gasteiger partial charge in [0.05, 0.1) is 17.4 Å². The van der Waals surface area contributed by atoms with Gasteiger partial charge < -0.3 is 20.5 Å². The lowest BCUT2D eigenvalue weighted by Gasteiger charge is -2.25. The Labute approximate surface area is 148 Å². The molecule has 0 aromatic heterocycles. The Balaban J connectivity index is 1.87. The average Bonchev–Trinajstić information content (AvgIpc) is 2.57. The van der Waals surface area contributed by atoms with Gasteiger partial charge in [-0.15, -0.1) is 11.8 Å². The summed E-state index contributed by atoms with van der Waals surface area (Å²) >= 11 is 1.14. The Hall–Kier alpha value is -2.55. The number of rotatable bonds is 6. The molecule has 8 nitrogen and oxygen atoms in total. The predicted octanol–water partition coefficient (Wildman–Crippen LogP) is 0.877. The minimum atomic E-state index is -1.09. The van der Waals surface area contributed by atoms with Gasteiger partial charge in [-0.25, -0.2) is 9.59 Å². The molecule has 0 bridgehead atoms. The van der Waals surface area contributed by atoms with Crippen LogP contribution < -0.4 is 10.6 Å². The van der Waals surface area contributed by atoms with Crippen LogP contribution >= 0.6 is 11.8 Å². The summed E-state index contributed by atoms with van der Waals surface area (Å²) in [5.41, 5.74) is 0.865. The highest BCUT2D eigenvalue weighted by Crippen LogP contribution is 2.22. The highest BCUT2D eigenvalue weighted by molar-refractivity contribution is 8.00. The van der Waals surface area contributed by atoms with Gasteiger partial charge in [-0.3, -0.25) is 9.59 Å². The second-order valence-corrected chi connectivity index (χ2v) is 6.51. The third-order valence-electron chi connectivity index (χ3n) is 3.42. The maximum absolute atomic E-state index is 12.1. The van der Waals surface area contributed by atoms with Crippen molar-refractivity contribution in [2.24, 2.45) is 0 Å². The van der Waals surface area contributed by atoms with Gasteiger partial charge in [0.1, 0.15) is 6.04 Å². The first-order valence-electron chi connectivity index (χ1n) is 7.62. The molecule has 2 amide bonds. The molecule has 1 aliphatic rings. The smallest absolute Gasteiger partial charge is 0.338 e. The first-order valence-corrected chi connectivity index (χ1v) is 8.67. The third kappa shape index (κ3) is 5.21. The summed E-state index contributed by atoms with van der Waals surface area (Å²) in [5.74, 6) is -2.15. The molecule has 25 heavy (non-hydrogen) atoms. The number of benzene rings is 1. The van der Waals surface area contributed by atoms with Crippen LogP contribution in [0.1, 0.15) is 23.7 Å². The molecule has 1 aromatic carbocycles. The molecule has 9 heteroatoms. The van der Waals surface area contributed by atoms with Gasteiger partial charge >= 0.3 is 11.9 Å². The van der Waals surface area contributed by atoms with Crippen molar-refractivity contribution in [3.63, 3.8) is 0 Å². The van der Waals surface area contributed by atoms with Gasteiger partial charge in [-0.2, -0.15) is 0 Å². The molecule has 2 atom stereocenters. The molecule has 0 spiro atoms. The zero-order chi connectivity index (χ0) is 18.4. The lowest BCUT2D eigenvalue weighted by atomic mass is 10.2. The van der Waals surface area contributed by atoms with E-state index in [1.165, 1.54) is 12.1 Å². The molecule has 1 fully saturated rings. The Morgan fingerprint density at radius 2 is 2.00 bits per heavy atom. The molecule has 1 saturated heterocycles. The summed E-state index contributed by atoms with van der Waals surface area (Å²) < 4.78 is 4.87. The number of carbonyl (C=O) groups is 4. The van der Waals surface area contributed by atoms with E-state index in [9.17, 15) is 19.2 Å². The molecule has 3 N–H and O–H groups in total. The minimum absolute atomic E-state index is 0.0670. The normalized spacial score (nSPS) is 19.6. The Kier molecular flexibility index (Phi) is 6.40. The third-order valence-corrected chi connectivity index (χ3v) is 4.73. The Morgan fingerprint density at radius 1 is 1.32 bits per heavy atom. The number of hydrogen-bond donors (Lipinski definition) is 3. The maximum atomic E-state index is 12.1. The molecule has 0 aliphatic carbocycles. The van der Waals surface area contributed by atoms with Gasteiger partial charge in [0.2, 0.25) is 11.8 Å². The van der Waals surface area contributed by atoms with Crippen LogP contribution in [0.2, 0.25) is 0 Å². The molecule has 1 aliphatic heterocycles. The van der Waals surface area contributed by atoms with E-state index in [2.05, 4.69) is 10.6 Å². The van der Waals surface area contributed by atoms with Crippen LogP contribution in [0.3, 0.4) is 0 Å². The maximum Gasteiger partial charge on any atom is 0.338 e. The summed E-state index contributed by atoms with van der Waals surface area (Å²) in [7, 11) is 0. The first-order chi connectivity index (χ1) is 11.9. The van der Waals surface area contributed by atoms with Gasteiger partial charge in [0.25, 0.3) is 0 Å². The van der Waals surface area contributed by atoms with Crippen LogP contribution in [0.5, 0.6) is 0 Å². The van der Waals surface area contributed by atoms with Crippen molar-refractivity contribution in [1.29, 1.82) is 0 Å². The number of carboxylic acids is 1. The fourth-order valence-electron chi connectivity index (χ4n) is 2.16. The second kappa shape index (κ2) is 8.52. The molecule has 0 unspecified atom stereocenters. The zero-order valence-corrected chi connectivity index (χ0v) is 14.3. The van der Waals surface area contributed by atoms with E-state index in [1.807, 2.05) is 0 Å². The predicted molar refractivity (Wildman–Crippen MR) is 91.5 cm³/mol. The van der Waals surface area contributed by atoms with Gasteiger partial charge in [-0.1, -0.05) is 0 Å². The van der Waals surface area contributed by atoms with E-state index >= 15 is 0 Å². The summed E-state index contributed by atoms with van der Waals surface area (Å²) in [4.78, 5) is 46.3. The summed E-state index contributed by atoms with van der Waals surface area (Å²) in [5, 5.41) is 13.3. The van der Waals surface area contributed by atoms with E-state index in [4.69, 9.17) is 9.84 Å². The number of ether oxygens (including phenoxy) is 1. The fourth-order valence-corrected chi connectivity index (χ4v) is 3.30. The zero-order valence-electron chi connectivity index (χ0n) is 13.5. The lowest BCUT2D eigenvalue weighted by Crippen LogP contribution is -2.51. The number of anilines is 1. The fraction of sp³-hybridized carbons (Fsp3) is 0.375. The van der Waals surface area contributed by atoms with E-state index in [0.717, 1.165) is 11.8 Å². The number of carbonyl (C=O) groups excluding carboxylic acids is 3. The molecule has 2 rings (SSSR count). The number of nitrogens with one attached hydrogen (secondary N) is 2. The lowest BCUT2D eigenvalue weighted by molar-refractivity contribution is -0.141. The largest absolute Gasteiger partial charge is 0.480 e. The van der Waals surface area contributed by atoms with Crippen LogP contribution in [0, 0.1) is 0 Å². The summed E-state index contributed by atoms with van der Waals surface area (Å²) in [6.45, 7) is 1.99. The van der Waals surface area contributed by atoms with Crippen LogP contribution in [0.25, 0.3) is 0 Å². The summed E-state index contributed by atoms with van der Waals surface area (Å²) in [6, 6.07) is 5.28. The van der Waals surface area contributed by atoms with Crippen LogP contribution in [-0.4, -0.2) is 52.5 Å². The van der Waals surface area contributed by atoms with Crippen LogP contribution in [-0.2, 0) is 19.1 Å². The number of aliphatic carboxylic acids is 1. The van der Waals surface area contributed by atoms with Crippen molar-refractivity contribution < 1.29 is 29.0 Å². The Bertz CT molecular complexity index is 676. The minimum Gasteiger partial charge on any atom is -0.480 e. The van der Waals surface area contributed by atoms with Crippen molar-refractivity contribution in [3.8, 4) is 0 Å². The molecular formula is C16H18N2O6S. The van der Waals surface area contributed by atoms with Crippen molar-refractivity contribution in [1.82, 2.24) is 5.32 Å². The number of esters is 1. The van der Waals surface area contributed by atoms with Crippen molar-refractivity contribution in [2.45, 2.75) is 24.6 Å². The number of amides is 2. The standard InChI is InChI=1S/C16H18N2O6S/c1-2-24-16(23)9-3-5-10(6-4-9)17-13(19)7-12-14(20)18-11(8-25-12)15(21)22/h3-6,11-12H,2,7-8H2,1H3,(H,17,19)(H,18,20)(H,21,22)/t11-,12+/m0/s1. The number of hydrogen-bond acceptors (Lipinski definition) is 6. The molecule has 134 valence electrons. The van der Waals surface area contributed by atoms with E-state index in [0.29, 0.717) is 11.3 Å². The quantitative estimate of drug-likeness (QED) is 0.639. The van der Waals surface area contributed by atoms with E-state index < -0.39 is 29.1 Å².